The number of nitrogens with zero attached hydrogens (tertiary/aromatic N) is 2. The molecule has 3 aromatic heterocycles. The second kappa shape index (κ2) is 10.0. The molecule has 1 unspecified atom stereocenters. The molecule has 0 aliphatic carbocycles. The Morgan fingerprint density at radius 2 is 1.76 bits per heavy atom. The van der Waals surface area contributed by atoms with E-state index in [9.17, 15) is 13.6 Å². The Bertz CT molecular complexity index is 1250. The number of furan rings is 1. The number of hydrogen-bond donors (Lipinski definition) is 2. The highest BCUT2D eigenvalue weighted by Gasteiger charge is 2.23. The number of thiophene rings is 1. The number of amides is 1. The maximum absolute atomic E-state index is 12.7. The molecule has 2 N–H and O–H groups in total. The average molecular weight is 485 g/mol. The number of benzene rings is 1. The number of anilines is 2. The van der Waals surface area contributed by atoms with E-state index >= 15 is 0 Å². The Labute approximate surface area is 198 Å². The van der Waals surface area contributed by atoms with Gasteiger partial charge in [-0.25, -0.2) is 9.97 Å². The summed E-state index contributed by atoms with van der Waals surface area (Å²) in [5.41, 5.74) is 3.10. The Hall–Kier alpha value is -3.79. The van der Waals surface area contributed by atoms with Gasteiger partial charge in [0.05, 0.1) is 12.3 Å². The maximum Gasteiger partial charge on any atom is 0.387 e. The fourth-order valence-corrected chi connectivity index (χ4v) is 4.47. The average Bonchev–Trinajstić information content (AvgIpc) is 3.42. The molecule has 0 bridgehead atoms. The van der Waals surface area contributed by atoms with E-state index in [2.05, 4.69) is 25.3 Å². The highest BCUT2D eigenvalue weighted by molar-refractivity contribution is 7.16. The van der Waals surface area contributed by atoms with Gasteiger partial charge in [0.25, 0.3) is 5.91 Å². The minimum Gasteiger partial charge on any atom is -0.459 e. The standard InChI is InChI=1S/C24H22F2N4O3S/c1-13-11-14(2)28-24(27-13)29-20(16-6-8-17(9-7-16)33-23(25)26)18-12-15(3)34-22(18)30-21(31)19-5-4-10-32-19/h4-12,20,23H,1-3H3,(H,30,31)(H,27,28,29). The number of halogens is 2. The van der Waals surface area contributed by atoms with Crippen LogP contribution in [0.1, 0.15) is 44.0 Å². The van der Waals surface area contributed by atoms with Crippen LogP contribution in [0.15, 0.2) is 59.2 Å². The fourth-order valence-electron chi connectivity index (χ4n) is 3.52. The third kappa shape index (κ3) is 5.57. The van der Waals surface area contributed by atoms with Crippen molar-refractivity contribution in [2.45, 2.75) is 33.4 Å². The second-order valence-electron chi connectivity index (χ2n) is 7.57. The molecule has 1 atom stereocenters. The van der Waals surface area contributed by atoms with E-state index < -0.39 is 12.7 Å². The first kappa shape index (κ1) is 23.4. The quantitative estimate of drug-likeness (QED) is 0.314. The number of alkyl halides is 2. The molecule has 0 radical (unpaired) electrons. The summed E-state index contributed by atoms with van der Waals surface area (Å²) in [5.74, 6) is 0.262. The Balaban J connectivity index is 1.73. The monoisotopic (exact) mass is 484 g/mol. The van der Waals surface area contributed by atoms with Crippen LogP contribution in [0.2, 0.25) is 0 Å². The zero-order chi connectivity index (χ0) is 24.2. The van der Waals surface area contributed by atoms with Gasteiger partial charge in [0, 0.05) is 21.8 Å². The van der Waals surface area contributed by atoms with Gasteiger partial charge in [-0.15, -0.1) is 11.3 Å². The SMILES string of the molecule is Cc1cc(C)nc(NC(c2ccc(OC(F)F)cc2)c2cc(C)sc2NC(=O)c2ccco2)n1. The lowest BCUT2D eigenvalue weighted by Crippen LogP contribution is -2.18. The molecular formula is C24H22F2N4O3S. The normalized spacial score (nSPS) is 11.9. The number of aromatic nitrogens is 2. The number of ether oxygens (including phenoxy) is 1. The first-order chi connectivity index (χ1) is 16.3. The summed E-state index contributed by atoms with van der Waals surface area (Å²) in [4.78, 5) is 22.6. The Morgan fingerprint density at radius 1 is 1.06 bits per heavy atom. The van der Waals surface area contributed by atoms with Gasteiger partial charge in [0.1, 0.15) is 10.8 Å². The zero-order valence-corrected chi connectivity index (χ0v) is 19.5. The van der Waals surface area contributed by atoms with Crippen molar-refractivity contribution in [3.63, 3.8) is 0 Å². The van der Waals surface area contributed by atoms with Crippen LogP contribution >= 0.6 is 11.3 Å². The number of carbonyl (C=O) groups is 1. The molecule has 1 amide bonds. The molecule has 0 aliphatic heterocycles. The van der Waals surface area contributed by atoms with E-state index in [-0.39, 0.29) is 17.4 Å². The first-order valence-corrected chi connectivity index (χ1v) is 11.2. The third-order valence-corrected chi connectivity index (χ3v) is 5.84. The number of hydrogen-bond acceptors (Lipinski definition) is 7. The molecule has 0 saturated heterocycles. The molecule has 0 aliphatic rings. The topological polar surface area (TPSA) is 89.3 Å². The lowest BCUT2D eigenvalue weighted by molar-refractivity contribution is -0.0498. The summed E-state index contributed by atoms with van der Waals surface area (Å²) in [6.07, 6.45) is 1.43. The first-order valence-electron chi connectivity index (χ1n) is 10.4. The van der Waals surface area contributed by atoms with E-state index in [4.69, 9.17) is 4.42 Å². The van der Waals surface area contributed by atoms with Gasteiger partial charge < -0.3 is 19.8 Å². The van der Waals surface area contributed by atoms with Crippen LogP contribution in [-0.2, 0) is 0 Å². The van der Waals surface area contributed by atoms with Crippen molar-refractivity contribution in [1.82, 2.24) is 9.97 Å². The summed E-state index contributed by atoms with van der Waals surface area (Å²) < 4.78 is 34.9. The predicted octanol–water partition coefficient (Wildman–Crippen LogP) is 6.11. The zero-order valence-electron chi connectivity index (χ0n) is 18.6. The lowest BCUT2D eigenvalue weighted by Gasteiger charge is -2.21. The van der Waals surface area contributed by atoms with Crippen molar-refractivity contribution in [2.24, 2.45) is 0 Å². The van der Waals surface area contributed by atoms with Crippen LogP contribution in [0.4, 0.5) is 19.7 Å². The van der Waals surface area contributed by atoms with E-state index in [0.29, 0.717) is 10.9 Å². The van der Waals surface area contributed by atoms with Gasteiger partial charge in [-0.1, -0.05) is 12.1 Å². The van der Waals surface area contributed by atoms with Crippen LogP contribution in [0, 0.1) is 20.8 Å². The van der Waals surface area contributed by atoms with E-state index in [0.717, 1.165) is 27.4 Å². The van der Waals surface area contributed by atoms with E-state index in [1.165, 1.54) is 29.7 Å². The smallest absolute Gasteiger partial charge is 0.387 e. The molecule has 34 heavy (non-hydrogen) atoms. The Morgan fingerprint density at radius 3 is 2.38 bits per heavy atom. The van der Waals surface area contributed by atoms with Gasteiger partial charge in [-0.3, -0.25) is 4.79 Å². The van der Waals surface area contributed by atoms with Crippen molar-refractivity contribution >= 4 is 28.2 Å². The van der Waals surface area contributed by atoms with Gasteiger partial charge in [0.2, 0.25) is 5.95 Å². The molecule has 4 rings (SSSR count). The van der Waals surface area contributed by atoms with Crippen LogP contribution in [0.25, 0.3) is 0 Å². The van der Waals surface area contributed by atoms with Crippen LogP contribution < -0.4 is 15.4 Å². The maximum atomic E-state index is 12.7. The molecule has 0 fully saturated rings. The molecule has 0 saturated carbocycles. The highest BCUT2D eigenvalue weighted by Crippen LogP contribution is 2.38. The van der Waals surface area contributed by atoms with E-state index in [1.807, 2.05) is 32.9 Å². The minimum atomic E-state index is -2.91. The largest absolute Gasteiger partial charge is 0.459 e. The van der Waals surface area contributed by atoms with Gasteiger partial charge in [-0.2, -0.15) is 8.78 Å². The third-order valence-electron chi connectivity index (χ3n) is 4.86. The van der Waals surface area contributed by atoms with Crippen LogP contribution in [-0.4, -0.2) is 22.5 Å². The molecular weight excluding hydrogens is 462 g/mol. The molecule has 4 aromatic rings. The van der Waals surface area contributed by atoms with Crippen molar-refractivity contribution in [2.75, 3.05) is 10.6 Å². The number of nitrogens with one attached hydrogen (secondary N) is 2. The second-order valence-corrected chi connectivity index (χ2v) is 8.83. The van der Waals surface area contributed by atoms with Crippen molar-refractivity contribution < 1.29 is 22.7 Å². The number of rotatable bonds is 8. The van der Waals surface area contributed by atoms with Crippen molar-refractivity contribution in [3.05, 3.63) is 87.9 Å². The number of carbonyl (C=O) groups excluding carboxylic acids is 1. The fraction of sp³-hybridized carbons (Fsp3) is 0.208. The minimum absolute atomic E-state index is 0.0491. The van der Waals surface area contributed by atoms with Gasteiger partial charge in [0.15, 0.2) is 5.76 Å². The summed E-state index contributed by atoms with van der Waals surface area (Å²) in [7, 11) is 0. The Kier molecular flexibility index (Phi) is 6.87. The number of aryl methyl sites for hydroxylation is 3. The summed E-state index contributed by atoms with van der Waals surface area (Å²) >= 11 is 1.41. The van der Waals surface area contributed by atoms with Gasteiger partial charge >= 0.3 is 6.61 Å². The summed E-state index contributed by atoms with van der Waals surface area (Å²) in [6, 6.07) is 12.9. The van der Waals surface area contributed by atoms with E-state index in [1.54, 1.807) is 24.3 Å². The predicted molar refractivity (Wildman–Crippen MR) is 126 cm³/mol. The summed E-state index contributed by atoms with van der Waals surface area (Å²) in [6.45, 7) is 2.76. The molecule has 1 aromatic carbocycles. The van der Waals surface area contributed by atoms with Crippen molar-refractivity contribution in [1.29, 1.82) is 0 Å². The molecule has 10 heteroatoms. The lowest BCUT2D eigenvalue weighted by atomic mass is 10.00. The molecule has 7 nitrogen and oxygen atoms in total. The molecule has 0 spiro atoms. The van der Waals surface area contributed by atoms with Crippen molar-refractivity contribution in [3.8, 4) is 5.75 Å². The summed E-state index contributed by atoms with van der Waals surface area (Å²) in [5, 5.41) is 6.87. The molecule has 176 valence electrons. The highest BCUT2D eigenvalue weighted by atomic mass is 32.1. The van der Waals surface area contributed by atoms with Crippen LogP contribution in [0.5, 0.6) is 5.75 Å². The van der Waals surface area contributed by atoms with Gasteiger partial charge in [-0.05, 0) is 62.7 Å². The molecule has 3 heterocycles. The van der Waals surface area contributed by atoms with Crippen LogP contribution in [0.3, 0.4) is 0 Å².